The predicted molar refractivity (Wildman–Crippen MR) is 54.6 cm³/mol. The smallest absolute Gasteiger partial charge is 0.165 e. The number of hydrogen-bond donors (Lipinski definition) is 2. The van der Waals surface area contributed by atoms with Crippen molar-refractivity contribution in [3.63, 3.8) is 0 Å². The number of rotatable bonds is 4. The minimum absolute atomic E-state index is 0.0748. The Balaban J connectivity index is 3.07. The molecule has 2 N–H and O–H groups in total. The SMILES string of the molecule is COc1c(F)cccc1C(O)C(O)CCl. The van der Waals surface area contributed by atoms with E-state index in [0.29, 0.717) is 0 Å². The predicted octanol–water partition coefficient (Wildman–Crippen LogP) is 1.47. The van der Waals surface area contributed by atoms with E-state index in [4.69, 9.17) is 16.3 Å². The molecule has 0 saturated carbocycles. The van der Waals surface area contributed by atoms with Gasteiger partial charge in [-0.2, -0.15) is 0 Å². The zero-order chi connectivity index (χ0) is 11.4. The Bertz CT molecular complexity index is 332. The van der Waals surface area contributed by atoms with Gasteiger partial charge in [0.05, 0.1) is 19.1 Å². The van der Waals surface area contributed by atoms with Crippen LogP contribution >= 0.6 is 11.6 Å². The zero-order valence-corrected chi connectivity index (χ0v) is 8.91. The van der Waals surface area contributed by atoms with Crippen LogP contribution in [0.4, 0.5) is 4.39 Å². The third kappa shape index (κ3) is 2.59. The Morgan fingerprint density at radius 1 is 1.47 bits per heavy atom. The molecule has 2 atom stereocenters. The van der Waals surface area contributed by atoms with E-state index in [1.165, 1.54) is 25.3 Å². The van der Waals surface area contributed by atoms with E-state index in [9.17, 15) is 14.6 Å². The van der Waals surface area contributed by atoms with Crippen LogP contribution in [-0.4, -0.2) is 29.3 Å². The van der Waals surface area contributed by atoms with Crippen LogP contribution in [0.15, 0.2) is 18.2 Å². The number of alkyl halides is 1. The van der Waals surface area contributed by atoms with Crippen molar-refractivity contribution >= 4 is 11.6 Å². The van der Waals surface area contributed by atoms with E-state index in [1.807, 2.05) is 0 Å². The highest BCUT2D eigenvalue weighted by molar-refractivity contribution is 6.18. The first-order chi connectivity index (χ1) is 7.11. The number of halogens is 2. The van der Waals surface area contributed by atoms with Crippen molar-refractivity contribution in [2.75, 3.05) is 13.0 Å². The lowest BCUT2D eigenvalue weighted by molar-refractivity contribution is 0.0309. The third-order valence-corrected chi connectivity index (χ3v) is 2.36. The first-order valence-corrected chi connectivity index (χ1v) is 4.89. The van der Waals surface area contributed by atoms with Crippen LogP contribution in [0, 0.1) is 5.82 Å². The molecule has 0 aliphatic carbocycles. The van der Waals surface area contributed by atoms with E-state index in [2.05, 4.69) is 0 Å². The maximum Gasteiger partial charge on any atom is 0.165 e. The zero-order valence-electron chi connectivity index (χ0n) is 8.15. The van der Waals surface area contributed by atoms with Crippen molar-refractivity contribution in [1.82, 2.24) is 0 Å². The lowest BCUT2D eigenvalue weighted by Gasteiger charge is -2.18. The Morgan fingerprint density at radius 3 is 2.67 bits per heavy atom. The first kappa shape index (κ1) is 12.2. The van der Waals surface area contributed by atoms with Gasteiger partial charge >= 0.3 is 0 Å². The summed E-state index contributed by atoms with van der Waals surface area (Å²) in [4.78, 5) is 0. The Labute approximate surface area is 92.1 Å². The van der Waals surface area contributed by atoms with E-state index >= 15 is 0 Å². The summed E-state index contributed by atoms with van der Waals surface area (Å²) < 4.78 is 18.0. The van der Waals surface area contributed by atoms with Crippen molar-refractivity contribution in [2.45, 2.75) is 12.2 Å². The molecule has 2 unspecified atom stereocenters. The number of benzene rings is 1. The van der Waals surface area contributed by atoms with Crippen LogP contribution in [0.5, 0.6) is 5.75 Å². The summed E-state index contributed by atoms with van der Waals surface area (Å²) in [5, 5.41) is 19.0. The van der Waals surface area contributed by atoms with E-state index in [0.717, 1.165) is 0 Å². The van der Waals surface area contributed by atoms with Crippen LogP contribution in [0.1, 0.15) is 11.7 Å². The number of aliphatic hydroxyl groups excluding tert-OH is 2. The fourth-order valence-corrected chi connectivity index (χ4v) is 1.43. The van der Waals surface area contributed by atoms with Gasteiger partial charge < -0.3 is 14.9 Å². The molecule has 5 heteroatoms. The third-order valence-electron chi connectivity index (χ3n) is 2.04. The molecule has 84 valence electrons. The van der Waals surface area contributed by atoms with Gasteiger partial charge in [0.1, 0.15) is 6.10 Å². The number of aliphatic hydroxyl groups is 2. The van der Waals surface area contributed by atoms with Crippen molar-refractivity contribution in [2.24, 2.45) is 0 Å². The van der Waals surface area contributed by atoms with Crippen LogP contribution in [-0.2, 0) is 0 Å². The summed E-state index contributed by atoms with van der Waals surface area (Å²) in [6.45, 7) is 0. The standard InChI is InChI=1S/C10H12ClFO3/c1-15-10-6(3-2-4-7(10)12)9(14)8(13)5-11/h2-4,8-9,13-14H,5H2,1H3. The number of methoxy groups -OCH3 is 1. The minimum atomic E-state index is -1.26. The molecule has 1 aromatic rings. The monoisotopic (exact) mass is 234 g/mol. The molecule has 0 aliphatic rings. The molecule has 3 nitrogen and oxygen atoms in total. The van der Waals surface area contributed by atoms with Crippen LogP contribution in [0.25, 0.3) is 0 Å². The lowest BCUT2D eigenvalue weighted by Crippen LogP contribution is -2.20. The van der Waals surface area contributed by atoms with Crippen LogP contribution < -0.4 is 4.74 Å². The molecule has 0 fully saturated rings. The molecule has 0 heterocycles. The molecule has 0 aliphatic heterocycles. The summed E-state index contributed by atoms with van der Waals surface area (Å²) in [6, 6.07) is 4.11. The summed E-state index contributed by atoms with van der Waals surface area (Å²) in [5.74, 6) is -0.800. The normalized spacial score (nSPS) is 14.7. The van der Waals surface area contributed by atoms with E-state index in [-0.39, 0.29) is 17.2 Å². The number of ether oxygens (including phenoxy) is 1. The molecule has 0 aromatic heterocycles. The molecule has 0 amide bonds. The summed E-state index contributed by atoms with van der Waals surface area (Å²) in [5.41, 5.74) is 0.186. The van der Waals surface area contributed by atoms with Gasteiger partial charge in [0, 0.05) is 5.56 Å². The van der Waals surface area contributed by atoms with Gasteiger partial charge in [-0.15, -0.1) is 11.6 Å². The van der Waals surface area contributed by atoms with Crippen LogP contribution in [0.2, 0.25) is 0 Å². The molecular weight excluding hydrogens is 223 g/mol. The van der Waals surface area contributed by atoms with Gasteiger partial charge in [-0.1, -0.05) is 12.1 Å². The molecule has 1 aromatic carbocycles. The average Bonchev–Trinajstić information content (AvgIpc) is 2.26. The van der Waals surface area contributed by atoms with Gasteiger partial charge in [-0.3, -0.25) is 0 Å². The summed E-state index contributed by atoms with van der Waals surface area (Å²) in [6.07, 6.45) is -2.41. The number of para-hydroxylation sites is 1. The maximum atomic E-state index is 13.2. The highest BCUT2D eigenvalue weighted by Gasteiger charge is 2.22. The Kier molecular flexibility index (Phi) is 4.32. The van der Waals surface area contributed by atoms with Gasteiger partial charge in [-0.25, -0.2) is 4.39 Å². The maximum absolute atomic E-state index is 13.2. The second-order valence-electron chi connectivity index (χ2n) is 3.03. The van der Waals surface area contributed by atoms with Gasteiger partial charge in [0.2, 0.25) is 0 Å². The fourth-order valence-electron chi connectivity index (χ4n) is 1.27. The highest BCUT2D eigenvalue weighted by atomic mass is 35.5. The van der Waals surface area contributed by atoms with Crippen molar-refractivity contribution in [1.29, 1.82) is 0 Å². The lowest BCUT2D eigenvalue weighted by atomic mass is 10.0. The average molecular weight is 235 g/mol. The van der Waals surface area contributed by atoms with E-state index < -0.39 is 18.0 Å². The van der Waals surface area contributed by atoms with Gasteiger partial charge in [0.25, 0.3) is 0 Å². The van der Waals surface area contributed by atoms with Crippen LogP contribution in [0.3, 0.4) is 0 Å². The first-order valence-electron chi connectivity index (χ1n) is 4.36. The molecule has 0 bridgehead atoms. The Morgan fingerprint density at radius 2 is 2.13 bits per heavy atom. The quantitative estimate of drug-likeness (QED) is 0.776. The van der Waals surface area contributed by atoms with Crippen molar-refractivity contribution in [3.8, 4) is 5.75 Å². The van der Waals surface area contributed by atoms with Gasteiger partial charge in [0.15, 0.2) is 11.6 Å². The van der Waals surface area contributed by atoms with E-state index in [1.54, 1.807) is 0 Å². The molecule has 15 heavy (non-hydrogen) atoms. The summed E-state index contributed by atoms with van der Waals surface area (Å²) in [7, 11) is 1.29. The second kappa shape index (κ2) is 5.30. The molecule has 0 radical (unpaired) electrons. The number of hydrogen-bond acceptors (Lipinski definition) is 3. The highest BCUT2D eigenvalue weighted by Crippen LogP contribution is 2.29. The second-order valence-corrected chi connectivity index (χ2v) is 3.34. The Hall–Kier alpha value is -0.840. The topological polar surface area (TPSA) is 49.7 Å². The fraction of sp³-hybridized carbons (Fsp3) is 0.400. The van der Waals surface area contributed by atoms with Crippen molar-refractivity contribution in [3.05, 3.63) is 29.6 Å². The molecule has 1 rings (SSSR count). The molecule has 0 saturated heterocycles. The molecule has 0 spiro atoms. The minimum Gasteiger partial charge on any atom is -0.493 e. The van der Waals surface area contributed by atoms with Gasteiger partial charge in [-0.05, 0) is 6.07 Å². The molecular formula is C10H12ClFO3. The summed E-state index contributed by atoms with van der Waals surface area (Å²) >= 11 is 5.39. The largest absolute Gasteiger partial charge is 0.493 e. The van der Waals surface area contributed by atoms with Crippen molar-refractivity contribution < 1.29 is 19.3 Å².